The summed E-state index contributed by atoms with van der Waals surface area (Å²) in [4.78, 5) is 0. The van der Waals surface area contributed by atoms with E-state index >= 15 is 0 Å². The van der Waals surface area contributed by atoms with Gasteiger partial charge in [-0.3, -0.25) is 0 Å². The molecule has 0 fully saturated rings. The van der Waals surface area contributed by atoms with Crippen LogP contribution in [0.5, 0.6) is 5.75 Å². The van der Waals surface area contributed by atoms with Crippen LogP contribution >= 0.6 is 0 Å². The summed E-state index contributed by atoms with van der Waals surface area (Å²) in [7, 11) is 0. The highest BCUT2D eigenvalue weighted by atomic mass is 16.5. The minimum absolute atomic E-state index is 0.491. The van der Waals surface area contributed by atoms with Crippen molar-refractivity contribution in [3.8, 4) is 17.6 Å². The van der Waals surface area contributed by atoms with E-state index in [0.29, 0.717) is 13.2 Å². The van der Waals surface area contributed by atoms with Crippen LogP contribution in [-0.4, -0.2) is 13.2 Å². The van der Waals surface area contributed by atoms with Gasteiger partial charge in [0.1, 0.15) is 12.4 Å². The number of aryl methyl sites for hydroxylation is 1. The Hall–Kier alpha value is -1.46. The smallest absolute Gasteiger partial charge is 0.128 e. The normalized spacial score (nSPS) is 12.5. The molecule has 0 bridgehead atoms. The first-order chi connectivity index (χ1) is 9.35. The third-order valence-corrected chi connectivity index (χ3v) is 3.35. The van der Waals surface area contributed by atoms with Crippen LogP contribution in [-0.2, 0) is 24.2 Å². The molecule has 0 saturated heterocycles. The van der Waals surface area contributed by atoms with Gasteiger partial charge in [-0.05, 0) is 37.0 Å². The molecule has 0 saturated carbocycles. The maximum Gasteiger partial charge on any atom is 0.128 e. The van der Waals surface area contributed by atoms with Crippen LogP contribution in [0.4, 0.5) is 0 Å². The number of fused-ring (bicyclic) bond motifs is 1. The first-order valence-electron chi connectivity index (χ1n) is 7.10. The van der Waals surface area contributed by atoms with Crippen LogP contribution in [0, 0.1) is 11.8 Å². The fraction of sp³-hybridized carbons (Fsp3) is 0.529. The molecular weight excluding hydrogens is 236 g/mol. The number of unbranched alkanes of at least 4 members (excludes halogenated alkanes) is 1. The van der Waals surface area contributed by atoms with E-state index < -0.39 is 0 Å². The molecular formula is C17H22O2. The molecule has 0 radical (unpaired) electrons. The highest BCUT2D eigenvalue weighted by Crippen LogP contribution is 2.32. The molecule has 2 rings (SSSR count). The molecule has 1 aliphatic heterocycles. The molecule has 2 heteroatoms. The lowest BCUT2D eigenvalue weighted by molar-refractivity contribution is 0.150. The lowest BCUT2D eigenvalue weighted by Crippen LogP contribution is -1.98. The fourth-order valence-electron chi connectivity index (χ4n) is 2.38. The Bertz CT molecular complexity index is 480. The van der Waals surface area contributed by atoms with Crippen LogP contribution in [0.2, 0.25) is 0 Å². The monoisotopic (exact) mass is 258 g/mol. The third-order valence-electron chi connectivity index (χ3n) is 3.35. The number of rotatable bonds is 6. The van der Waals surface area contributed by atoms with Crippen molar-refractivity contribution in [3.05, 3.63) is 28.8 Å². The second kappa shape index (κ2) is 7.21. The van der Waals surface area contributed by atoms with Crippen LogP contribution in [0.3, 0.4) is 0 Å². The number of ether oxygens (including phenoxy) is 2. The first kappa shape index (κ1) is 14.0. The van der Waals surface area contributed by atoms with Crippen molar-refractivity contribution in [2.24, 2.45) is 0 Å². The summed E-state index contributed by atoms with van der Waals surface area (Å²) in [5, 5.41) is 0. The summed E-state index contributed by atoms with van der Waals surface area (Å²) >= 11 is 0. The number of benzene rings is 1. The molecule has 1 heterocycles. The third kappa shape index (κ3) is 3.75. The maximum atomic E-state index is 5.73. The largest absolute Gasteiger partial charge is 0.493 e. The first-order valence-corrected chi connectivity index (χ1v) is 7.10. The quantitative estimate of drug-likeness (QED) is 0.574. The van der Waals surface area contributed by atoms with Gasteiger partial charge in [-0.2, -0.15) is 0 Å². The van der Waals surface area contributed by atoms with E-state index in [1.54, 1.807) is 0 Å². The van der Waals surface area contributed by atoms with Crippen molar-refractivity contribution in [2.45, 2.75) is 46.1 Å². The van der Waals surface area contributed by atoms with Crippen LogP contribution in [0.25, 0.3) is 0 Å². The van der Waals surface area contributed by atoms with Crippen molar-refractivity contribution in [1.82, 2.24) is 0 Å². The Morgan fingerprint density at radius 1 is 1.37 bits per heavy atom. The van der Waals surface area contributed by atoms with E-state index in [9.17, 15) is 0 Å². The molecule has 1 aromatic rings. The Morgan fingerprint density at radius 2 is 2.26 bits per heavy atom. The van der Waals surface area contributed by atoms with Gasteiger partial charge in [-0.1, -0.05) is 25.3 Å². The topological polar surface area (TPSA) is 18.5 Å². The Balaban J connectivity index is 2.10. The van der Waals surface area contributed by atoms with Crippen molar-refractivity contribution in [2.75, 3.05) is 13.2 Å². The van der Waals surface area contributed by atoms with E-state index in [1.165, 1.54) is 29.5 Å². The lowest BCUT2D eigenvalue weighted by atomic mass is 10.00. The summed E-state index contributed by atoms with van der Waals surface area (Å²) in [6.45, 7) is 5.94. The predicted octanol–water partition coefficient (Wildman–Crippen LogP) is 3.50. The number of hydrogen-bond donors (Lipinski definition) is 0. The SMILES string of the molecule is CC#CCOCc1cc(CCCC)cc2c1OCC2. The Kier molecular flexibility index (Phi) is 5.30. The van der Waals surface area contributed by atoms with Gasteiger partial charge in [0, 0.05) is 12.0 Å². The zero-order chi connectivity index (χ0) is 13.5. The predicted molar refractivity (Wildman–Crippen MR) is 77.4 cm³/mol. The van der Waals surface area contributed by atoms with Gasteiger partial charge in [0.25, 0.3) is 0 Å². The molecule has 2 nitrogen and oxygen atoms in total. The molecule has 0 spiro atoms. The average Bonchev–Trinajstić information content (AvgIpc) is 2.89. The van der Waals surface area contributed by atoms with Gasteiger partial charge in [-0.25, -0.2) is 0 Å². The molecule has 0 unspecified atom stereocenters. The molecule has 1 aliphatic rings. The number of hydrogen-bond acceptors (Lipinski definition) is 2. The van der Waals surface area contributed by atoms with Gasteiger partial charge in [0.2, 0.25) is 0 Å². The second-order valence-corrected chi connectivity index (χ2v) is 4.86. The standard InChI is InChI=1S/C17H22O2/c1-3-5-7-14-11-15-8-10-19-17(15)16(12-14)13-18-9-6-4-2/h11-12H,3,5,7-10,13H2,1-2H3. The highest BCUT2D eigenvalue weighted by Gasteiger charge is 2.17. The second-order valence-electron chi connectivity index (χ2n) is 4.86. The fourth-order valence-corrected chi connectivity index (χ4v) is 2.38. The van der Waals surface area contributed by atoms with Crippen LogP contribution in [0.1, 0.15) is 43.4 Å². The van der Waals surface area contributed by atoms with E-state index in [4.69, 9.17) is 9.47 Å². The van der Waals surface area contributed by atoms with Crippen molar-refractivity contribution in [1.29, 1.82) is 0 Å². The Morgan fingerprint density at radius 3 is 3.05 bits per heavy atom. The van der Waals surface area contributed by atoms with Gasteiger partial charge < -0.3 is 9.47 Å². The average molecular weight is 258 g/mol. The van der Waals surface area contributed by atoms with Crippen LogP contribution < -0.4 is 4.74 Å². The lowest BCUT2D eigenvalue weighted by Gasteiger charge is -2.11. The Labute approximate surface area is 116 Å². The van der Waals surface area contributed by atoms with E-state index in [1.807, 2.05) is 6.92 Å². The summed E-state index contributed by atoms with van der Waals surface area (Å²) < 4.78 is 11.3. The van der Waals surface area contributed by atoms with E-state index in [2.05, 4.69) is 30.9 Å². The zero-order valence-corrected chi connectivity index (χ0v) is 11.9. The molecule has 1 aromatic carbocycles. The summed E-state index contributed by atoms with van der Waals surface area (Å²) in [6.07, 6.45) is 4.63. The van der Waals surface area contributed by atoms with E-state index in [0.717, 1.165) is 25.2 Å². The minimum atomic E-state index is 0.491. The van der Waals surface area contributed by atoms with E-state index in [-0.39, 0.29) is 0 Å². The van der Waals surface area contributed by atoms with Crippen molar-refractivity contribution in [3.63, 3.8) is 0 Å². The molecule has 0 aliphatic carbocycles. The van der Waals surface area contributed by atoms with Gasteiger partial charge in [0.15, 0.2) is 0 Å². The van der Waals surface area contributed by atoms with Crippen LogP contribution in [0.15, 0.2) is 12.1 Å². The molecule has 0 atom stereocenters. The van der Waals surface area contributed by atoms with Crippen molar-refractivity contribution >= 4 is 0 Å². The maximum absolute atomic E-state index is 5.73. The zero-order valence-electron chi connectivity index (χ0n) is 11.9. The van der Waals surface area contributed by atoms with Gasteiger partial charge in [-0.15, -0.1) is 5.92 Å². The highest BCUT2D eigenvalue weighted by molar-refractivity contribution is 5.46. The minimum Gasteiger partial charge on any atom is -0.493 e. The summed E-state index contributed by atoms with van der Waals surface area (Å²) in [5.41, 5.74) is 3.93. The molecule has 102 valence electrons. The summed E-state index contributed by atoms with van der Waals surface area (Å²) in [6, 6.07) is 4.53. The molecule has 0 N–H and O–H groups in total. The summed E-state index contributed by atoms with van der Waals surface area (Å²) in [5.74, 6) is 6.81. The molecule has 19 heavy (non-hydrogen) atoms. The van der Waals surface area contributed by atoms with Gasteiger partial charge in [0.05, 0.1) is 13.2 Å². The molecule has 0 aromatic heterocycles. The van der Waals surface area contributed by atoms with Crippen molar-refractivity contribution < 1.29 is 9.47 Å². The van der Waals surface area contributed by atoms with Gasteiger partial charge >= 0.3 is 0 Å². The molecule has 0 amide bonds.